The third-order valence-electron chi connectivity index (χ3n) is 2.18. The normalized spacial score (nSPS) is 13.4. The molecule has 1 amide bonds. The Labute approximate surface area is 97.5 Å². The van der Waals surface area contributed by atoms with Crippen molar-refractivity contribution in [1.82, 2.24) is 25.9 Å². The van der Waals surface area contributed by atoms with E-state index < -0.39 is 5.92 Å². The van der Waals surface area contributed by atoms with Gasteiger partial charge < -0.3 is 16.3 Å². The van der Waals surface area contributed by atoms with E-state index in [-0.39, 0.29) is 18.3 Å². The zero-order valence-corrected chi connectivity index (χ0v) is 9.42. The SMILES string of the molecule is CCCC(C(=O)NCc1nn[nH]n1)C(N)=NO. The van der Waals surface area contributed by atoms with Gasteiger partial charge in [-0.2, -0.15) is 5.21 Å². The third-order valence-corrected chi connectivity index (χ3v) is 2.18. The van der Waals surface area contributed by atoms with Gasteiger partial charge in [-0.1, -0.05) is 23.7 Å². The number of carbonyl (C=O) groups excluding carboxylic acids is 1. The van der Waals surface area contributed by atoms with Crippen LogP contribution >= 0.6 is 0 Å². The van der Waals surface area contributed by atoms with E-state index in [0.29, 0.717) is 12.2 Å². The smallest absolute Gasteiger partial charge is 0.231 e. The maximum atomic E-state index is 11.8. The molecule has 0 saturated heterocycles. The summed E-state index contributed by atoms with van der Waals surface area (Å²) >= 11 is 0. The van der Waals surface area contributed by atoms with Crippen molar-refractivity contribution in [2.75, 3.05) is 0 Å². The molecule has 0 radical (unpaired) electrons. The molecular weight excluding hydrogens is 226 g/mol. The number of oxime groups is 1. The van der Waals surface area contributed by atoms with Crippen molar-refractivity contribution in [2.24, 2.45) is 16.8 Å². The minimum absolute atomic E-state index is 0.0996. The largest absolute Gasteiger partial charge is 0.409 e. The predicted molar refractivity (Wildman–Crippen MR) is 57.8 cm³/mol. The molecule has 5 N–H and O–H groups in total. The molecule has 0 fully saturated rings. The van der Waals surface area contributed by atoms with Gasteiger partial charge in [0, 0.05) is 0 Å². The molecule has 0 aliphatic heterocycles. The van der Waals surface area contributed by atoms with E-state index in [2.05, 4.69) is 31.1 Å². The van der Waals surface area contributed by atoms with Crippen LogP contribution in [0, 0.1) is 5.92 Å². The molecule has 1 aromatic rings. The standard InChI is InChI=1S/C8H15N7O2/c1-2-3-5(7(9)13-17)8(16)10-4-6-11-14-15-12-6/h5,17H,2-4H2,1H3,(H2,9,13)(H,10,16)(H,11,12,14,15). The Morgan fingerprint density at radius 3 is 3.00 bits per heavy atom. The molecule has 1 atom stereocenters. The highest BCUT2D eigenvalue weighted by atomic mass is 16.4. The number of hydrogen-bond donors (Lipinski definition) is 4. The minimum Gasteiger partial charge on any atom is -0.409 e. The van der Waals surface area contributed by atoms with E-state index in [9.17, 15) is 4.79 Å². The molecule has 1 heterocycles. The second-order valence-corrected chi connectivity index (χ2v) is 3.41. The summed E-state index contributed by atoms with van der Waals surface area (Å²) in [7, 11) is 0. The van der Waals surface area contributed by atoms with E-state index >= 15 is 0 Å². The molecule has 9 heteroatoms. The highest BCUT2D eigenvalue weighted by Gasteiger charge is 2.22. The summed E-state index contributed by atoms with van der Waals surface area (Å²) in [6.45, 7) is 2.05. The maximum Gasteiger partial charge on any atom is 0.231 e. The van der Waals surface area contributed by atoms with E-state index in [1.807, 2.05) is 6.92 Å². The van der Waals surface area contributed by atoms with Crippen LogP contribution in [0.25, 0.3) is 0 Å². The summed E-state index contributed by atoms with van der Waals surface area (Å²) in [5.74, 6) is -0.700. The molecule has 0 aliphatic carbocycles. The lowest BCUT2D eigenvalue weighted by Gasteiger charge is -2.13. The maximum absolute atomic E-state index is 11.8. The fourth-order valence-electron chi connectivity index (χ4n) is 1.32. The van der Waals surface area contributed by atoms with Gasteiger partial charge >= 0.3 is 0 Å². The number of carbonyl (C=O) groups is 1. The van der Waals surface area contributed by atoms with Crippen LogP contribution in [0.3, 0.4) is 0 Å². The molecule has 0 saturated carbocycles. The van der Waals surface area contributed by atoms with E-state index in [1.165, 1.54) is 0 Å². The molecule has 0 aromatic carbocycles. The molecular formula is C8H15N7O2. The summed E-state index contributed by atoms with van der Waals surface area (Å²) in [4.78, 5) is 11.8. The Hall–Kier alpha value is -2.19. The molecule has 0 spiro atoms. The quantitative estimate of drug-likeness (QED) is 0.217. The number of H-pyrrole nitrogens is 1. The number of nitrogens with zero attached hydrogens (tertiary/aromatic N) is 4. The average molecular weight is 241 g/mol. The number of nitrogens with two attached hydrogens (primary N) is 1. The first-order chi connectivity index (χ1) is 8.19. The first-order valence-electron chi connectivity index (χ1n) is 5.16. The van der Waals surface area contributed by atoms with Gasteiger partial charge in [-0.3, -0.25) is 4.79 Å². The van der Waals surface area contributed by atoms with Crippen molar-refractivity contribution in [3.8, 4) is 0 Å². The zero-order valence-electron chi connectivity index (χ0n) is 9.42. The van der Waals surface area contributed by atoms with E-state index in [4.69, 9.17) is 10.9 Å². The highest BCUT2D eigenvalue weighted by Crippen LogP contribution is 2.07. The number of amides is 1. The number of nitrogens with one attached hydrogen (secondary N) is 2. The van der Waals surface area contributed by atoms with Gasteiger partial charge in [-0.05, 0) is 6.42 Å². The van der Waals surface area contributed by atoms with Crippen LogP contribution in [0.4, 0.5) is 0 Å². The average Bonchev–Trinajstić information content (AvgIpc) is 2.85. The highest BCUT2D eigenvalue weighted by molar-refractivity contribution is 6.01. The molecule has 1 rings (SSSR count). The summed E-state index contributed by atoms with van der Waals surface area (Å²) in [5, 5.41) is 27.0. The number of tetrazole rings is 1. The predicted octanol–water partition coefficient (Wildman–Crippen LogP) is -1.02. The lowest BCUT2D eigenvalue weighted by Crippen LogP contribution is -2.38. The monoisotopic (exact) mass is 241 g/mol. The van der Waals surface area contributed by atoms with Crippen molar-refractivity contribution >= 4 is 11.7 Å². The van der Waals surface area contributed by atoms with Crippen LogP contribution in [0.5, 0.6) is 0 Å². The number of amidine groups is 1. The Kier molecular flexibility index (Phi) is 4.85. The third kappa shape index (κ3) is 3.70. The van der Waals surface area contributed by atoms with Crippen molar-refractivity contribution < 1.29 is 10.0 Å². The van der Waals surface area contributed by atoms with Gasteiger partial charge in [-0.15, -0.1) is 10.2 Å². The second-order valence-electron chi connectivity index (χ2n) is 3.41. The first-order valence-corrected chi connectivity index (χ1v) is 5.16. The van der Waals surface area contributed by atoms with Gasteiger partial charge in [0.05, 0.1) is 12.5 Å². The molecule has 9 nitrogen and oxygen atoms in total. The van der Waals surface area contributed by atoms with Crippen LogP contribution in [0.15, 0.2) is 5.16 Å². The number of aromatic nitrogens is 4. The summed E-state index contributed by atoms with van der Waals surface area (Å²) in [5.41, 5.74) is 5.44. The number of hydrogen-bond acceptors (Lipinski definition) is 6. The molecule has 94 valence electrons. The zero-order chi connectivity index (χ0) is 12.7. The molecule has 1 aromatic heterocycles. The lowest BCUT2D eigenvalue weighted by molar-refractivity contribution is -0.123. The Morgan fingerprint density at radius 2 is 2.47 bits per heavy atom. The molecule has 17 heavy (non-hydrogen) atoms. The number of rotatable bonds is 6. The van der Waals surface area contributed by atoms with Gasteiger partial charge in [0.25, 0.3) is 0 Å². The number of aromatic amines is 1. The van der Waals surface area contributed by atoms with Gasteiger partial charge in [0.1, 0.15) is 0 Å². The van der Waals surface area contributed by atoms with Gasteiger partial charge in [0.15, 0.2) is 11.7 Å². The van der Waals surface area contributed by atoms with Crippen LogP contribution < -0.4 is 11.1 Å². The van der Waals surface area contributed by atoms with Crippen molar-refractivity contribution in [3.63, 3.8) is 0 Å². The second kappa shape index (κ2) is 6.40. The van der Waals surface area contributed by atoms with Crippen molar-refractivity contribution in [3.05, 3.63) is 5.82 Å². The fraction of sp³-hybridized carbons (Fsp3) is 0.625. The van der Waals surface area contributed by atoms with E-state index in [1.54, 1.807) is 0 Å². The van der Waals surface area contributed by atoms with E-state index in [0.717, 1.165) is 6.42 Å². The summed E-state index contributed by atoms with van der Waals surface area (Å²) in [6, 6.07) is 0. The Bertz CT molecular complexity index is 375. The van der Waals surface area contributed by atoms with Crippen LogP contribution in [0.2, 0.25) is 0 Å². The minimum atomic E-state index is -0.642. The van der Waals surface area contributed by atoms with Crippen molar-refractivity contribution in [1.29, 1.82) is 0 Å². The fourth-order valence-corrected chi connectivity index (χ4v) is 1.32. The molecule has 1 unspecified atom stereocenters. The van der Waals surface area contributed by atoms with Gasteiger partial charge in [0.2, 0.25) is 5.91 Å². The van der Waals surface area contributed by atoms with Gasteiger partial charge in [-0.25, -0.2) is 0 Å². The summed E-state index contributed by atoms with van der Waals surface area (Å²) < 4.78 is 0. The van der Waals surface area contributed by atoms with Crippen LogP contribution in [-0.2, 0) is 11.3 Å². The Balaban J connectivity index is 2.53. The van der Waals surface area contributed by atoms with Crippen LogP contribution in [0.1, 0.15) is 25.6 Å². The molecule has 0 aliphatic rings. The van der Waals surface area contributed by atoms with Crippen molar-refractivity contribution in [2.45, 2.75) is 26.3 Å². The Morgan fingerprint density at radius 1 is 1.71 bits per heavy atom. The van der Waals surface area contributed by atoms with Crippen LogP contribution in [-0.4, -0.2) is 37.6 Å². The molecule has 0 bridgehead atoms. The summed E-state index contributed by atoms with van der Waals surface area (Å²) in [6.07, 6.45) is 1.25. The topological polar surface area (TPSA) is 142 Å². The lowest BCUT2D eigenvalue weighted by atomic mass is 10.0. The first kappa shape index (κ1) is 12.9.